The summed E-state index contributed by atoms with van der Waals surface area (Å²) in [6.45, 7) is 0.537. The van der Waals surface area contributed by atoms with Gasteiger partial charge in [-0.1, -0.05) is 25.0 Å². The number of para-hydroxylation sites is 2. The summed E-state index contributed by atoms with van der Waals surface area (Å²) < 4.78 is 0. The average Bonchev–Trinajstić information content (AvgIpc) is 3.24. The van der Waals surface area contributed by atoms with E-state index in [1.165, 1.54) is 12.8 Å². The Hall–Kier alpha value is -2.37. The lowest BCUT2D eigenvalue weighted by molar-refractivity contribution is -0.129. The molecular weight excluding hydrogens is 292 g/mol. The van der Waals surface area contributed by atoms with E-state index in [0.29, 0.717) is 25.0 Å². The number of anilines is 1. The van der Waals surface area contributed by atoms with Crippen LogP contribution < -0.4 is 5.32 Å². The summed E-state index contributed by atoms with van der Waals surface area (Å²) in [5.74, 6) is 0.152. The predicted molar refractivity (Wildman–Crippen MR) is 86.8 cm³/mol. The molecule has 2 amide bonds. The normalized spacial score (nSPS) is 22.2. The number of H-pyrrole nitrogens is 1. The molecular formula is C17H20N4O2. The van der Waals surface area contributed by atoms with Crippen molar-refractivity contribution >= 4 is 28.8 Å². The third-order valence-electron chi connectivity index (χ3n) is 4.93. The van der Waals surface area contributed by atoms with E-state index in [2.05, 4.69) is 15.3 Å². The SMILES string of the molecule is O=C(Nc1nc2ccccc2[nH]1)[C@H]1CC(=O)N(C2CCCC2)C1. The van der Waals surface area contributed by atoms with Crippen molar-refractivity contribution in [1.29, 1.82) is 0 Å². The molecule has 2 fully saturated rings. The van der Waals surface area contributed by atoms with Gasteiger partial charge in [0, 0.05) is 19.0 Å². The molecule has 120 valence electrons. The minimum atomic E-state index is -0.281. The predicted octanol–water partition coefficient (Wildman–Crippen LogP) is 2.29. The van der Waals surface area contributed by atoms with Gasteiger partial charge >= 0.3 is 0 Å². The number of nitrogens with one attached hydrogen (secondary N) is 2. The van der Waals surface area contributed by atoms with Crippen molar-refractivity contribution in [3.05, 3.63) is 24.3 Å². The van der Waals surface area contributed by atoms with Crippen molar-refractivity contribution in [2.24, 2.45) is 5.92 Å². The summed E-state index contributed by atoms with van der Waals surface area (Å²) >= 11 is 0. The Balaban J connectivity index is 1.44. The van der Waals surface area contributed by atoms with Crippen LogP contribution in [0.25, 0.3) is 11.0 Å². The average molecular weight is 312 g/mol. The number of aromatic amines is 1. The summed E-state index contributed by atoms with van der Waals surface area (Å²) in [5.41, 5.74) is 1.70. The van der Waals surface area contributed by atoms with Crippen molar-refractivity contribution in [3.63, 3.8) is 0 Å². The molecule has 4 rings (SSSR count). The molecule has 2 aliphatic rings. The van der Waals surface area contributed by atoms with Gasteiger partial charge in [-0.3, -0.25) is 14.9 Å². The Morgan fingerprint density at radius 1 is 1.26 bits per heavy atom. The van der Waals surface area contributed by atoms with E-state index >= 15 is 0 Å². The maximum atomic E-state index is 12.4. The van der Waals surface area contributed by atoms with Gasteiger partial charge in [-0.25, -0.2) is 4.98 Å². The minimum absolute atomic E-state index is 0.113. The third-order valence-corrected chi connectivity index (χ3v) is 4.93. The fourth-order valence-electron chi connectivity index (χ4n) is 3.71. The van der Waals surface area contributed by atoms with Crippen molar-refractivity contribution in [1.82, 2.24) is 14.9 Å². The first-order valence-electron chi connectivity index (χ1n) is 8.26. The molecule has 1 saturated carbocycles. The Morgan fingerprint density at radius 3 is 2.83 bits per heavy atom. The van der Waals surface area contributed by atoms with Crippen molar-refractivity contribution in [2.75, 3.05) is 11.9 Å². The van der Waals surface area contributed by atoms with Gasteiger partial charge in [-0.2, -0.15) is 0 Å². The van der Waals surface area contributed by atoms with Gasteiger partial charge in [0.2, 0.25) is 17.8 Å². The van der Waals surface area contributed by atoms with E-state index in [1.807, 2.05) is 29.2 Å². The lowest BCUT2D eigenvalue weighted by Gasteiger charge is -2.23. The number of carbonyl (C=O) groups excluding carboxylic acids is 2. The topological polar surface area (TPSA) is 78.1 Å². The lowest BCUT2D eigenvalue weighted by atomic mass is 10.1. The van der Waals surface area contributed by atoms with E-state index in [1.54, 1.807) is 0 Å². The number of carbonyl (C=O) groups is 2. The molecule has 0 radical (unpaired) electrons. The Labute approximate surface area is 134 Å². The second kappa shape index (κ2) is 5.68. The van der Waals surface area contributed by atoms with Crippen LogP contribution in [0.5, 0.6) is 0 Å². The van der Waals surface area contributed by atoms with E-state index < -0.39 is 0 Å². The Morgan fingerprint density at radius 2 is 2.04 bits per heavy atom. The Kier molecular flexibility index (Phi) is 3.52. The molecule has 2 heterocycles. The molecule has 6 nitrogen and oxygen atoms in total. The van der Waals surface area contributed by atoms with Crippen LogP contribution in [0.1, 0.15) is 32.1 Å². The molecule has 1 saturated heterocycles. The fourth-order valence-corrected chi connectivity index (χ4v) is 3.71. The van der Waals surface area contributed by atoms with Gasteiger partial charge in [0.15, 0.2) is 0 Å². The number of nitrogens with zero attached hydrogens (tertiary/aromatic N) is 2. The number of likely N-dealkylation sites (tertiary alicyclic amines) is 1. The highest BCUT2D eigenvalue weighted by Crippen LogP contribution is 2.29. The monoisotopic (exact) mass is 312 g/mol. The maximum Gasteiger partial charge on any atom is 0.232 e. The minimum Gasteiger partial charge on any atom is -0.339 e. The number of hydrogen-bond acceptors (Lipinski definition) is 3. The van der Waals surface area contributed by atoms with E-state index in [-0.39, 0.29) is 17.7 Å². The number of fused-ring (bicyclic) bond motifs is 1. The first kappa shape index (κ1) is 14.2. The summed E-state index contributed by atoms with van der Waals surface area (Å²) in [4.78, 5) is 34.0. The quantitative estimate of drug-likeness (QED) is 0.913. The number of hydrogen-bond donors (Lipinski definition) is 2. The number of benzene rings is 1. The van der Waals surface area contributed by atoms with Crippen molar-refractivity contribution in [2.45, 2.75) is 38.1 Å². The summed E-state index contributed by atoms with van der Waals surface area (Å²) in [6, 6.07) is 7.97. The van der Waals surface area contributed by atoms with Gasteiger partial charge in [-0.05, 0) is 25.0 Å². The smallest absolute Gasteiger partial charge is 0.232 e. The molecule has 1 aromatic carbocycles. The van der Waals surface area contributed by atoms with Crippen molar-refractivity contribution in [3.8, 4) is 0 Å². The zero-order valence-electron chi connectivity index (χ0n) is 12.9. The molecule has 0 bridgehead atoms. The van der Waals surface area contributed by atoms with Gasteiger partial charge in [0.1, 0.15) is 0 Å². The molecule has 1 atom stereocenters. The molecule has 0 unspecified atom stereocenters. The summed E-state index contributed by atoms with van der Waals surface area (Å²) in [7, 11) is 0. The molecule has 23 heavy (non-hydrogen) atoms. The molecule has 1 aliphatic carbocycles. The van der Waals surface area contributed by atoms with Crippen LogP contribution in [-0.2, 0) is 9.59 Å². The highest BCUT2D eigenvalue weighted by molar-refractivity contribution is 5.97. The van der Waals surface area contributed by atoms with E-state index in [0.717, 1.165) is 23.9 Å². The Bertz CT molecular complexity index is 715. The van der Waals surface area contributed by atoms with Crippen LogP contribution in [0.4, 0.5) is 5.95 Å². The highest BCUT2D eigenvalue weighted by atomic mass is 16.2. The molecule has 2 aromatic rings. The molecule has 1 aromatic heterocycles. The number of rotatable bonds is 3. The number of imidazole rings is 1. The third kappa shape index (κ3) is 2.69. The molecule has 6 heteroatoms. The summed E-state index contributed by atoms with van der Waals surface area (Å²) in [5, 5.41) is 2.82. The second-order valence-electron chi connectivity index (χ2n) is 6.48. The zero-order valence-corrected chi connectivity index (χ0v) is 12.9. The maximum absolute atomic E-state index is 12.4. The van der Waals surface area contributed by atoms with Crippen LogP contribution in [0.15, 0.2) is 24.3 Å². The largest absolute Gasteiger partial charge is 0.339 e. The standard InChI is InChI=1S/C17H20N4O2/c22-15-9-11(10-21(15)12-5-1-2-6-12)16(23)20-17-18-13-7-3-4-8-14(13)19-17/h3-4,7-8,11-12H,1-2,5-6,9-10H2,(H2,18,19,20,23)/t11-/m0/s1. The van der Waals surface area contributed by atoms with Crippen LogP contribution in [0.2, 0.25) is 0 Å². The molecule has 1 aliphatic heterocycles. The van der Waals surface area contributed by atoms with Gasteiger partial charge in [-0.15, -0.1) is 0 Å². The number of aromatic nitrogens is 2. The van der Waals surface area contributed by atoms with Crippen LogP contribution in [0.3, 0.4) is 0 Å². The van der Waals surface area contributed by atoms with Gasteiger partial charge < -0.3 is 9.88 Å². The van der Waals surface area contributed by atoms with Crippen LogP contribution >= 0.6 is 0 Å². The lowest BCUT2D eigenvalue weighted by Crippen LogP contribution is -2.35. The van der Waals surface area contributed by atoms with Crippen molar-refractivity contribution < 1.29 is 9.59 Å². The zero-order chi connectivity index (χ0) is 15.8. The molecule has 2 N–H and O–H groups in total. The molecule has 0 spiro atoms. The van der Waals surface area contributed by atoms with Crippen LogP contribution in [-0.4, -0.2) is 39.3 Å². The van der Waals surface area contributed by atoms with Gasteiger partial charge in [0.05, 0.1) is 17.0 Å². The van der Waals surface area contributed by atoms with Gasteiger partial charge in [0.25, 0.3) is 0 Å². The first-order chi connectivity index (χ1) is 11.2. The number of amides is 2. The highest BCUT2D eigenvalue weighted by Gasteiger charge is 2.38. The fraction of sp³-hybridized carbons (Fsp3) is 0.471. The second-order valence-corrected chi connectivity index (χ2v) is 6.48. The van der Waals surface area contributed by atoms with Crippen LogP contribution in [0, 0.1) is 5.92 Å². The van der Waals surface area contributed by atoms with E-state index in [4.69, 9.17) is 0 Å². The van der Waals surface area contributed by atoms with E-state index in [9.17, 15) is 9.59 Å². The summed E-state index contributed by atoms with van der Waals surface area (Å²) in [6.07, 6.45) is 4.82. The first-order valence-corrected chi connectivity index (χ1v) is 8.26.